The van der Waals surface area contributed by atoms with E-state index in [1.165, 1.54) is 11.3 Å². The second kappa shape index (κ2) is 7.24. The molecule has 0 radical (unpaired) electrons. The van der Waals surface area contributed by atoms with E-state index in [1.54, 1.807) is 12.0 Å². The fraction of sp³-hybridized carbons (Fsp3) is 0.312. The van der Waals surface area contributed by atoms with Crippen LogP contribution in [-0.2, 0) is 11.3 Å². The average molecular weight is 304 g/mol. The van der Waals surface area contributed by atoms with Crippen molar-refractivity contribution in [3.8, 4) is 5.75 Å². The summed E-state index contributed by atoms with van der Waals surface area (Å²) in [7, 11) is 1.64. The average Bonchev–Trinajstić information content (AvgIpc) is 3.06. The molecular weight excluding hydrogens is 284 g/mol. The van der Waals surface area contributed by atoms with Crippen LogP contribution in [0.4, 0.5) is 0 Å². The van der Waals surface area contributed by atoms with E-state index in [2.05, 4.69) is 0 Å². The molecule has 21 heavy (non-hydrogen) atoms. The summed E-state index contributed by atoms with van der Waals surface area (Å²) in [6.45, 7) is 3.14. The van der Waals surface area contributed by atoms with Gasteiger partial charge in [-0.2, -0.15) is 0 Å². The number of methoxy groups -OCH3 is 1. The molecule has 1 aromatic carbocycles. The maximum Gasteiger partial charge on any atom is 0.245 e. The van der Waals surface area contributed by atoms with Crippen LogP contribution in [0, 0.1) is 0 Å². The van der Waals surface area contributed by atoms with Crippen molar-refractivity contribution in [2.45, 2.75) is 19.5 Å². The molecule has 1 atom stereocenters. The van der Waals surface area contributed by atoms with Gasteiger partial charge in [-0.25, -0.2) is 0 Å². The van der Waals surface area contributed by atoms with Gasteiger partial charge in [0.1, 0.15) is 11.8 Å². The Kier molecular flexibility index (Phi) is 5.36. The third kappa shape index (κ3) is 3.83. The van der Waals surface area contributed by atoms with Gasteiger partial charge in [0.15, 0.2) is 0 Å². The molecule has 0 aliphatic carbocycles. The molecule has 0 aliphatic rings. The lowest BCUT2D eigenvalue weighted by Gasteiger charge is -2.24. The van der Waals surface area contributed by atoms with Gasteiger partial charge in [-0.1, -0.05) is 18.2 Å². The Morgan fingerprint density at radius 2 is 2.05 bits per heavy atom. The molecule has 0 spiro atoms. The number of rotatable bonds is 6. The number of nitrogens with zero attached hydrogens (tertiary/aromatic N) is 1. The van der Waals surface area contributed by atoms with E-state index in [1.807, 2.05) is 48.7 Å². The molecule has 0 saturated carbocycles. The summed E-state index contributed by atoms with van der Waals surface area (Å²) in [4.78, 5) is 15.1. The van der Waals surface area contributed by atoms with Crippen molar-refractivity contribution in [1.29, 1.82) is 0 Å². The number of hydrogen-bond donors (Lipinski definition) is 1. The maximum atomic E-state index is 12.5. The summed E-state index contributed by atoms with van der Waals surface area (Å²) >= 11 is 1.51. The zero-order valence-electron chi connectivity index (χ0n) is 12.3. The second-order valence-corrected chi connectivity index (χ2v) is 5.67. The van der Waals surface area contributed by atoms with Crippen LogP contribution in [0.5, 0.6) is 5.75 Å². The van der Waals surface area contributed by atoms with E-state index < -0.39 is 6.04 Å². The van der Waals surface area contributed by atoms with Crippen molar-refractivity contribution in [2.24, 2.45) is 5.73 Å². The molecule has 2 rings (SSSR count). The topological polar surface area (TPSA) is 55.6 Å². The van der Waals surface area contributed by atoms with E-state index in [0.717, 1.165) is 16.2 Å². The Morgan fingerprint density at radius 1 is 1.33 bits per heavy atom. The highest BCUT2D eigenvalue weighted by Gasteiger charge is 2.22. The van der Waals surface area contributed by atoms with Gasteiger partial charge in [0.25, 0.3) is 0 Å². The number of nitrogens with two attached hydrogens (primary N) is 1. The van der Waals surface area contributed by atoms with Crippen LogP contribution in [0.1, 0.15) is 23.4 Å². The Balaban J connectivity index is 2.06. The van der Waals surface area contributed by atoms with Gasteiger partial charge >= 0.3 is 0 Å². The molecule has 1 unspecified atom stereocenters. The monoisotopic (exact) mass is 304 g/mol. The number of carbonyl (C=O) groups excluding carboxylic acids is 1. The van der Waals surface area contributed by atoms with Crippen molar-refractivity contribution in [1.82, 2.24) is 4.90 Å². The normalized spacial score (nSPS) is 12.0. The summed E-state index contributed by atoms with van der Waals surface area (Å²) in [5, 5.41) is 1.93. The Morgan fingerprint density at radius 3 is 2.57 bits per heavy atom. The number of hydrogen-bond acceptors (Lipinski definition) is 4. The van der Waals surface area contributed by atoms with Crippen molar-refractivity contribution in [2.75, 3.05) is 13.7 Å². The fourth-order valence-corrected chi connectivity index (χ4v) is 2.80. The van der Waals surface area contributed by atoms with Gasteiger partial charge in [0, 0.05) is 18.0 Å². The van der Waals surface area contributed by atoms with Crippen LogP contribution in [0.2, 0.25) is 0 Å². The van der Waals surface area contributed by atoms with Gasteiger partial charge < -0.3 is 15.4 Å². The Hall–Kier alpha value is -1.85. The van der Waals surface area contributed by atoms with Crippen LogP contribution in [-0.4, -0.2) is 24.5 Å². The first-order valence-corrected chi connectivity index (χ1v) is 7.74. The number of benzene rings is 1. The summed E-state index contributed by atoms with van der Waals surface area (Å²) in [5.74, 6) is 0.763. The van der Waals surface area contributed by atoms with Crippen LogP contribution in [0.25, 0.3) is 0 Å². The van der Waals surface area contributed by atoms with Crippen LogP contribution in [0.15, 0.2) is 41.8 Å². The van der Waals surface area contributed by atoms with Gasteiger partial charge in [0.2, 0.25) is 5.91 Å². The maximum absolute atomic E-state index is 12.5. The zero-order chi connectivity index (χ0) is 15.2. The molecule has 0 bridgehead atoms. The second-order valence-electron chi connectivity index (χ2n) is 4.69. The van der Waals surface area contributed by atoms with Crippen molar-refractivity contribution >= 4 is 17.2 Å². The van der Waals surface area contributed by atoms with Gasteiger partial charge in [0.05, 0.1) is 7.11 Å². The van der Waals surface area contributed by atoms with Crippen LogP contribution in [0.3, 0.4) is 0 Å². The minimum absolute atomic E-state index is 0.0456. The number of amides is 1. The standard InChI is InChI=1S/C16H20N2O2S/c1-3-18(11-12-6-8-13(20-2)9-7-12)16(19)15(17)14-5-4-10-21-14/h4-10,15H,3,11,17H2,1-2H3. The number of likely N-dealkylation sites (N-methyl/N-ethyl adjacent to an activating group) is 1. The Labute approximate surface area is 129 Å². The zero-order valence-corrected chi connectivity index (χ0v) is 13.1. The SMILES string of the molecule is CCN(Cc1ccc(OC)cc1)C(=O)C(N)c1cccs1. The number of ether oxygens (including phenoxy) is 1. The first kappa shape index (κ1) is 15.5. The highest BCUT2D eigenvalue weighted by Crippen LogP contribution is 2.20. The summed E-state index contributed by atoms with van der Waals surface area (Å²) < 4.78 is 5.14. The molecule has 1 amide bonds. The van der Waals surface area contributed by atoms with Crippen molar-refractivity contribution < 1.29 is 9.53 Å². The Bertz CT molecular complexity index is 566. The smallest absolute Gasteiger partial charge is 0.245 e. The minimum Gasteiger partial charge on any atom is -0.497 e. The fourth-order valence-electron chi connectivity index (χ4n) is 2.08. The van der Waals surface area contributed by atoms with E-state index in [-0.39, 0.29) is 5.91 Å². The molecule has 5 heteroatoms. The third-order valence-corrected chi connectivity index (χ3v) is 4.30. The first-order chi connectivity index (χ1) is 10.2. The summed E-state index contributed by atoms with van der Waals surface area (Å²) in [6, 6.07) is 10.9. The van der Waals surface area contributed by atoms with Gasteiger partial charge in [-0.3, -0.25) is 4.79 Å². The lowest BCUT2D eigenvalue weighted by atomic mass is 10.1. The van der Waals surface area contributed by atoms with Crippen molar-refractivity contribution in [3.63, 3.8) is 0 Å². The first-order valence-electron chi connectivity index (χ1n) is 6.86. The predicted molar refractivity (Wildman–Crippen MR) is 85.3 cm³/mol. The molecule has 1 heterocycles. The third-order valence-electron chi connectivity index (χ3n) is 3.34. The lowest BCUT2D eigenvalue weighted by molar-refractivity contribution is -0.133. The van der Waals surface area contributed by atoms with E-state index in [0.29, 0.717) is 13.1 Å². The van der Waals surface area contributed by atoms with E-state index in [4.69, 9.17) is 10.5 Å². The molecule has 112 valence electrons. The number of thiophene rings is 1. The van der Waals surface area contributed by atoms with E-state index in [9.17, 15) is 4.79 Å². The highest BCUT2D eigenvalue weighted by molar-refractivity contribution is 7.10. The molecule has 1 aromatic heterocycles. The van der Waals surface area contributed by atoms with Crippen LogP contribution >= 0.6 is 11.3 Å². The van der Waals surface area contributed by atoms with E-state index >= 15 is 0 Å². The highest BCUT2D eigenvalue weighted by atomic mass is 32.1. The summed E-state index contributed by atoms with van der Waals surface area (Å²) in [5.41, 5.74) is 7.12. The molecule has 0 aliphatic heterocycles. The van der Waals surface area contributed by atoms with Crippen LogP contribution < -0.4 is 10.5 Å². The molecule has 0 saturated heterocycles. The van der Waals surface area contributed by atoms with Crippen molar-refractivity contribution in [3.05, 3.63) is 52.2 Å². The molecule has 4 nitrogen and oxygen atoms in total. The predicted octanol–water partition coefficient (Wildman–Crippen LogP) is 2.81. The van der Waals surface area contributed by atoms with Gasteiger partial charge in [-0.05, 0) is 36.1 Å². The summed E-state index contributed by atoms with van der Waals surface area (Å²) in [6.07, 6.45) is 0. The quantitative estimate of drug-likeness (QED) is 0.893. The molecular formula is C16H20N2O2S. The number of carbonyl (C=O) groups is 1. The lowest BCUT2D eigenvalue weighted by Crippen LogP contribution is -2.37. The largest absolute Gasteiger partial charge is 0.497 e. The minimum atomic E-state index is -0.580. The van der Waals surface area contributed by atoms with Gasteiger partial charge in [-0.15, -0.1) is 11.3 Å². The molecule has 0 fully saturated rings. The molecule has 2 aromatic rings. The molecule has 2 N–H and O–H groups in total.